The summed E-state index contributed by atoms with van der Waals surface area (Å²) in [6.45, 7) is 5.93. The Bertz CT molecular complexity index is 567. The summed E-state index contributed by atoms with van der Waals surface area (Å²) in [7, 11) is 1.61. The summed E-state index contributed by atoms with van der Waals surface area (Å²) >= 11 is 0. The molecule has 0 spiro atoms. The van der Waals surface area contributed by atoms with E-state index in [0.29, 0.717) is 5.76 Å². The molecule has 1 N–H and O–H groups in total. The predicted octanol–water partition coefficient (Wildman–Crippen LogP) is 2.72. The van der Waals surface area contributed by atoms with Gasteiger partial charge in [-0.05, 0) is 31.9 Å². The van der Waals surface area contributed by atoms with Crippen LogP contribution in [0.5, 0.6) is 0 Å². The van der Waals surface area contributed by atoms with E-state index in [1.54, 1.807) is 7.05 Å². The van der Waals surface area contributed by atoms with Crippen molar-refractivity contribution in [2.24, 2.45) is 0 Å². The fourth-order valence-electron chi connectivity index (χ4n) is 2.01. The lowest BCUT2D eigenvalue weighted by molar-refractivity contribution is 0.0937. The molecule has 1 aromatic carbocycles. The van der Waals surface area contributed by atoms with Crippen LogP contribution in [0, 0.1) is 20.8 Å². The lowest BCUT2D eigenvalue weighted by Crippen LogP contribution is -2.17. The molecule has 0 bridgehead atoms. The number of fused-ring (bicyclic) bond motifs is 1. The average molecular weight is 217 g/mol. The molecule has 2 rings (SSSR count). The Labute approximate surface area is 94.4 Å². The number of nitrogens with one attached hydrogen (secondary N) is 1. The predicted molar refractivity (Wildman–Crippen MR) is 63.8 cm³/mol. The van der Waals surface area contributed by atoms with E-state index in [1.165, 1.54) is 0 Å². The molecule has 3 heteroatoms. The second kappa shape index (κ2) is 3.67. The van der Waals surface area contributed by atoms with Crippen LogP contribution in [0.25, 0.3) is 11.0 Å². The van der Waals surface area contributed by atoms with Gasteiger partial charge in [0.2, 0.25) is 0 Å². The van der Waals surface area contributed by atoms with Crippen molar-refractivity contribution >= 4 is 16.9 Å². The summed E-state index contributed by atoms with van der Waals surface area (Å²) in [5.74, 6) is 0.238. The minimum absolute atomic E-state index is 0.174. The van der Waals surface area contributed by atoms with Gasteiger partial charge < -0.3 is 9.73 Å². The van der Waals surface area contributed by atoms with E-state index in [0.717, 1.165) is 27.7 Å². The first-order chi connectivity index (χ1) is 7.56. The molecule has 0 unspecified atom stereocenters. The highest BCUT2D eigenvalue weighted by Crippen LogP contribution is 2.30. The molecule has 0 aliphatic rings. The van der Waals surface area contributed by atoms with Crippen molar-refractivity contribution in [1.82, 2.24) is 5.32 Å². The van der Waals surface area contributed by atoms with Gasteiger partial charge in [0.25, 0.3) is 5.91 Å². The van der Waals surface area contributed by atoms with E-state index in [4.69, 9.17) is 4.42 Å². The number of aryl methyl sites for hydroxylation is 3. The highest BCUT2D eigenvalue weighted by atomic mass is 16.3. The molecule has 0 saturated carbocycles. The Kier molecular flexibility index (Phi) is 2.46. The summed E-state index contributed by atoms with van der Waals surface area (Å²) in [4.78, 5) is 11.6. The van der Waals surface area contributed by atoms with Gasteiger partial charge in [0.1, 0.15) is 5.58 Å². The minimum Gasteiger partial charge on any atom is -0.450 e. The third-order valence-electron chi connectivity index (χ3n) is 2.92. The largest absolute Gasteiger partial charge is 0.450 e. The van der Waals surface area contributed by atoms with Gasteiger partial charge >= 0.3 is 0 Å². The molecule has 0 radical (unpaired) electrons. The molecule has 84 valence electrons. The van der Waals surface area contributed by atoms with Crippen LogP contribution in [0.15, 0.2) is 16.5 Å². The highest BCUT2D eigenvalue weighted by Gasteiger charge is 2.18. The Morgan fingerprint density at radius 3 is 2.38 bits per heavy atom. The maximum Gasteiger partial charge on any atom is 0.287 e. The van der Waals surface area contributed by atoms with Crippen molar-refractivity contribution in [3.05, 3.63) is 34.6 Å². The van der Waals surface area contributed by atoms with E-state index in [2.05, 4.69) is 5.32 Å². The number of rotatable bonds is 1. The SMILES string of the molecule is CNC(=O)c1oc2c(C)ccc(C)c2c1C. The number of benzene rings is 1. The fourth-order valence-corrected chi connectivity index (χ4v) is 2.01. The fraction of sp³-hybridized carbons (Fsp3) is 0.308. The van der Waals surface area contributed by atoms with E-state index in [-0.39, 0.29) is 5.91 Å². The van der Waals surface area contributed by atoms with Crippen LogP contribution in [-0.2, 0) is 0 Å². The van der Waals surface area contributed by atoms with Crippen molar-refractivity contribution in [1.29, 1.82) is 0 Å². The van der Waals surface area contributed by atoms with Gasteiger partial charge in [-0.3, -0.25) is 4.79 Å². The summed E-state index contributed by atoms with van der Waals surface area (Å²) in [6, 6.07) is 4.06. The van der Waals surface area contributed by atoms with Crippen LogP contribution >= 0.6 is 0 Å². The highest BCUT2D eigenvalue weighted by molar-refractivity contribution is 6.00. The molecule has 16 heavy (non-hydrogen) atoms. The quantitative estimate of drug-likeness (QED) is 0.798. The van der Waals surface area contributed by atoms with Gasteiger partial charge in [-0.1, -0.05) is 12.1 Å². The van der Waals surface area contributed by atoms with Crippen molar-refractivity contribution in [3.8, 4) is 0 Å². The van der Waals surface area contributed by atoms with Gasteiger partial charge in [-0.25, -0.2) is 0 Å². The number of amides is 1. The zero-order chi connectivity index (χ0) is 11.9. The Morgan fingerprint density at radius 1 is 1.19 bits per heavy atom. The molecular weight excluding hydrogens is 202 g/mol. The summed E-state index contributed by atoms with van der Waals surface area (Å²) in [5, 5.41) is 3.64. The van der Waals surface area contributed by atoms with Gasteiger partial charge in [-0.2, -0.15) is 0 Å². The second-order valence-electron chi connectivity index (χ2n) is 4.04. The van der Waals surface area contributed by atoms with Crippen molar-refractivity contribution in [2.75, 3.05) is 7.05 Å². The first-order valence-corrected chi connectivity index (χ1v) is 5.27. The molecule has 1 amide bonds. The average Bonchev–Trinajstić information content (AvgIpc) is 2.62. The third-order valence-corrected chi connectivity index (χ3v) is 2.92. The summed E-state index contributed by atoms with van der Waals surface area (Å²) < 4.78 is 5.65. The lowest BCUT2D eigenvalue weighted by atomic mass is 10.0. The van der Waals surface area contributed by atoms with Gasteiger partial charge in [0.15, 0.2) is 5.76 Å². The number of hydrogen-bond donors (Lipinski definition) is 1. The van der Waals surface area contributed by atoms with Crippen LogP contribution in [0.4, 0.5) is 0 Å². The van der Waals surface area contributed by atoms with Crippen LogP contribution in [0.3, 0.4) is 0 Å². The van der Waals surface area contributed by atoms with Crippen LogP contribution < -0.4 is 5.32 Å². The monoisotopic (exact) mass is 217 g/mol. The molecule has 0 saturated heterocycles. The Hall–Kier alpha value is -1.77. The molecule has 0 aliphatic heterocycles. The minimum atomic E-state index is -0.174. The first-order valence-electron chi connectivity index (χ1n) is 5.27. The second-order valence-corrected chi connectivity index (χ2v) is 4.04. The smallest absolute Gasteiger partial charge is 0.287 e. The molecule has 1 aromatic heterocycles. The molecule has 0 atom stereocenters. The van der Waals surface area contributed by atoms with E-state index in [9.17, 15) is 4.79 Å². The lowest BCUT2D eigenvalue weighted by Gasteiger charge is -1.98. The van der Waals surface area contributed by atoms with Gasteiger partial charge in [0.05, 0.1) is 0 Å². The maximum atomic E-state index is 11.6. The zero-order valence-corrected chi connectivity index (χ0v) is 9.97. The standard InChI is InChI=1S/C13H15NO2/c1-7-5-6-8(2)11-10(7)9(3)12(16-11)13(15)14-4/h5-6H,1-4H3,(H,14,15). The zero-order valence-electron chi connectivity index (χ0n) is 9.97. The van der Waals surface area contributed by atoms with Gasteiger partial charge in [0, 0.05) is 18.0 Å². The van der Waals surface area contributed by atoms with E-state index >= 15 is 0 Å². The molecule has 1 heterocycles. The van der Waals surface area contributed by atoms with Crippen molar-refractivity contribution in [3.63, 3.8) is 0 Å². The van der Waals surface area contributed by atoms with Crippen molar-refractivity contribution in [2.45, 2.75) is 20.8 Å². The van der Waals surface area contributed by atoms with Crippen LogP contribution in [0.1, 0.15) is 27.2 Å². The van der Waals surface area contributed by atoms with Crippen molar-refractivity contribution < 1.29 is 9.21 Å². The summed E-state index contributed by atoms with van der Waals surface area (Å²) in [5.41, 5.74) is 3.92. The van der Waals surface area contributed by atoms with E-state index < -0.39 is 0 Å². The maximum absolute atomic E-state index is 11.6. The number of hydrogen-bond acceptors (Lipinski definition) is 2. The molecular formula is C13H15NO2. The molecule has 0 fully saturated rings. The van der Waals surface area contributed by atoms with Gasteiger partial charge in [-0.15, -0.1) is 0 Å². The van der Waals surface area contributed by atoms with E-state index in [1.807, 2.05) is 32.9 Å². The topological polar surface area (TPSA) is 42.2 Å². The molecule has 0 aliphatic carbocycles. The Morgan fingerprint density at radius 2 is 1.81 bits per heavy atom. The van der Waals surface area contributed by atoms with Crippen LogP contribution in [0.2, 0.25) is 0 Å². The first kappa shape index (κ1) is 10.7. The van der Waals surface area contributed by atoms with Crippen LogP contribution in [-0.4, -0.2) is 13.0 Å². The number of furan rings is 1. The number of carbonyl (C=O) groups is 1. The normalized spacial score (nSPS) is 10.8. The number of carbonyl (C=O) groups excluding carboxylic acids is 1. The molecule has 3 nitrogen and oxygen atoms in total. The molecule has 2 aromatic rings. The Balaban J connectivity index is 2.82. The summed E-state index contributed by atoms with van der Waals surface area (Å²) in [6.07, 6.45) is 0. The third kappa shape index (κ3) is 1.40.